The molecule has 0 bridgehead atoms. The summed E-state index contributed by atoms with van der Waals surface area (Å²) >= 11 is 11.5. The molecule has 28 heavy (non-hydrogen) atoms. The molecule has 0 saturated heterocycles. The zero-order valence-electron chi connectivity index (χ0n) is 15.0. The molecule has 0 unspecified atom stereocenters. The van der Waals surface area contributed by atoms with E-state index < -0.39 is 5.97 Å². The number of hydrogen-bond donors (Lipinski definition) is 4. The highest BCUT2D eigenvalue weighted by atomic mass is 35.5. The molecule has 2 aromatic rings. The minimum atomic E-state index is -1.02. The first-order valence-corrected chi connectivity index (χ1v) is 9.67. The maximum absolute atomic E-state index is 12.8. The van der Waals surface area contributed by atoms with E-state index in [0.717, 1.165) is 17.3 Å². The van der Waals surface area contributed by atoms with Gasteiger partial charge >= 0.3 is 5.97 Å². The lowest BCUT2D eigenvalue weighted by Crippen LogP contribution is -2.17. The number of aliphatic carboxylic acids is 1. The number of nitrogens with one attached hydrogen (secondary N) is 3. The van der Waals surface area contributed by atoms with E-state index in [9.17, 15) is 9.59 Å². The summed E-state index contributed by atoms with van der Waals surface area (Å²) in [6.45, 7) is 1.07. The van der Waals surface area contributed by atoms with Gasteiger partial charge in [0, 0.05) is 36.6 Å². The molecule has 0 atom stereocenters. The Morgan fingerprint density at radius 1 is 0.964 bits per heavy atom. The molecule has 0 aliphatic carbocycles. The van der Waals surface area contributed by atoms with E-state index in [-0.39, 0.29) is 5.91 Å². The molecule has 0 saturated carbocycles. The largest absolute Gasteiger partial charge is 0.478 e. The Labute approximate surface area is 173 Å². The second kappa shape index (κ2) is 11.2. The minimum absolute atomic E-state index is 0.277. The van der Waals surface area contributed by atoms with E-state index in [1.165, 1.54) is 6.08 Å². The van der Waals surface area contributed by atoms with Crippen molar-refractivity contribution in [2.45, 2.75) is 0 Å². The van der Waals surface area contributed by atoms with Crippen LogP contribution in [0.1, 0.15) is 15.9 Å². The molecule has 4 N–H and O–H groups in total. The number of amides is 1. The molecule has 2 rings (SSSR count). The molecule has 8 heteroatoms. The molecule has 0 aromatic heterocycles. The van der Waals surface area contributed by atoms with Crippen LogP contribution in [0.15, 0.2) is 48.5 Å². The zero-order chi connectivity index (χ0) is 20.4. The number of carboxylic acids is 1. The van der Waals surface area contributed by atoms with E-state index in [1.807, 2.05) is 6.07 Å². The molecule has 0 heterocycles. The molecule has 0 aliphatic heterocycles. The van der Waals surface area contributed by atoms with Crippen molar-refractivity contribution in [2.24, 2.45) is 0 Å². The molecule has 0 spiro atoms. The first-order chi connectivity index (χ1) is 13.5. The summed E-state index contributed by atoms with van der Waals surface area (Å²) in [6.07, 6.45) is 2.54. The maximum Gasteiger partial charge on any atom is 0.328 e. The Morgan fingerprint density at radius 3 is 2.29 bits per heavy atom. The first-order valence-electron chi connectivity index (χ1n) is 8.60. The van der Waals surface area contributed by atoms with Crippen LogP contribution in [0.4, 0.5) is 17.1 Å². The Kier molecular flexibility index (Phi) is 8.65. The minimum Gasteiger partial charge on any atom is -0.478 e. The lowest BCUT2D eigenvalue weighted by atomic mass is 10.1. The molecular weight excluding hydrogens is 401 g/mol. The van der Waals surface area contributed by atoms with Crippen molar-refractivity contribution in [3.8, 4) is 0 Å². The number of carbonyl (C=O) groups excluding carboxylic acids is 1. The van der Waals surface area contributed by atoms with Crippen molar-refractivity contribution in [3.05, 3.63) is 59.7 Å². The third-order valence-electron chi connectivity index (χ3n) is 3.70. The summed E-state index contributed by atoms with van der Waals surface area (Å²) < 4.78 is 0. The summed E-state index contributed by atoms with van der Waals surface area (Å²) in [6, 6.07) is 12.2. The highest BCUT2D eigenvalue weighted by molar-refractivity contribution is 6.18. The van der Waals surface area contributed by atoms with Crippen LogP contribution in [0.2, 0.25) is 0 Å². The molecule has 0 fully saturated rings. The summed E-state index contributed by atoms with van der Waals surface area (Å²) in [5, 5.41) is 17.9. The Hall–Kier alpha value is -2.70. The maximum atomic E-state index is 12.8. The number of anilines is 3. The predicted octanol–water partition coefficient (Wildman–Crippen LogP) is 4.34. The van der Waals surface area contributed by atoms with Gasteiger partial charge in [0.1, 0.15) is 0 Å². The van der Waals surface area contributed by atoms with E-state index >= 15 is 0 Å². The van der Waals surface area contributed by atoms with Gasteiger partial charge in [0.25, 0.3) is 5.91 Å². The van der Waals surface area contributed by atoms with Gasteiger partial charge in [0.05, 0.1) is 16.9 Å². The van der Waals surface area contributed by atoms with Gasteiger partial charge in [-0.15, -0.1) is 23.2 Å². The SMILES string of the molecule is O=C(O)C=Cc1ccc(NC(=O)c2cccc(NCCCl)c2NCCCl)cc1. The van der Waals surface area contributed by atoms with Gasteiger partial charge in [0.15, 0.2) is 0 Å². The van der Waals surface area contributed by atoms with Crippen molar-refractivity contribution in [3.63, 3.8) is 0 Å². The normalized spacial score (nSPS) is 10.6. The number of para-hydroxylation sites is 1. The lowest BCUT2D eigenvalue weighted by Gasteiger charge is -2.17. The average molecular weight is 422 g/mol. The van der Waals surface area contributed by atoms with Gasteiger partial charge in [-0.25, -0.2) is 4.79 Å². The second-order valence-corrected chi connectivity index (χ2v) is 6.46. The first kappa shape index (κ1) is 21.6. The Balaban J connectivity index is 2.19. The molecule has 0 radical (unpaired) electrons. The fraction of sp³-hybridized carbons (Fsp3) is 0.200. The smallest absolute Gasteiger partial charge is 0.328 e. The van der Waals surface area contributed by atoms with Crippen molar-refractivity contribution in [1.82, 2.24) is 0 Å². The van der Waals surface area contributed by atoms with Gasteiger partial charge in [0.2, 0.25) is 0 Å². The molecule has 0 aliphatic rings. The van der Waals surface area contributed by atoms with E-state index in [2.05, 4.69) is 16.0 Å². The van der Waals surface area contributed by atoms with Gasteiger partial charge in [-0.3, -0.25) is 4.79 Å². The van der Waals surface area contributed by atoms with Crippen LogP contribution in [-0.2, 0) is 4.79 Å². The van der Waals surface area contributed by atoms with E-state index in [1.54, 1.807) is 36.4 Å². The fourth-order valence-corrected chi connectivity index (χ4v) is 2.67. The Bertz CT molecular complexity index is 839. The van der Waals surface area contributed by atoms with Gasteiger partial charge in [-0.2, -0.15) is 0 Å². The van der Waals surface area contributed by atoms with Crippen molar-refractivity contribution in [2.75, 3.05) is 40.8 Å². The lowest BCUT2D eigenvalue weighted by molar-refractivity contribution is -0.131. The number of halogens is 2. The summed E-state index contributed by atoms with van der Waals surface area (Å²) in [5.41, 5.74) is 3.22. The number of carbonyl (C=O) groups is 2. The van der Waals surface area contributed by atoms with Crippen LogP contribution in [0, 0.1) is 0 Å². The molecule has 1 amide bonds. The number of carboxylic acid groups (broad SMARTS) is 1. The van der Waals surface area contributed by atoms with Gasteiger partial charge in [-0.1, -0.05) is 18.2 Å². The van der Waals surface area contributed by atoms with E-state index in [4.69, 9.17) is 28.3 Å². The van der Waals surface area contributed by atoms with Crippen molar-refractivity contribution in [1.29, 1.82) is 0 Å². The monoisotopic (exact) mass is 421 g/mol. The van der Waals surface area contributed by atoms with Crippen LogP contribution in [0.3, 0.4) is 0 Å². The topological polar surface area (TPSA) is 90.5 Å². The van der Waals surface area contributed by atoms with E-state index in [0.29, 0.717) is 41.8 Å². The standard InChI is InChI=1S/C20H21Cl2N3O3/c21-10-12-23-17-3-1-2-16(19(17)24-13-11-22)20(28)25-15-7-4-14(5-8-15)6-9-18(26)27/h1-9,23-24H,10-13H2,(H,25,28)(H,26,27). The van der Waals surface area contributed by atoms with Crippen molar-refractivity contribution < 1.29 is 14.7 Å². The van der Waals surface area contributed by atoms with Crippen molar-refractivity contribution >= 4 is 58.2 Å². The average Bonchev–Trinajstić information content (AvgIpc) is 2.70. The molecular formula is C20H21Cl2N3O3. The summed E-state index contributed by atoms with van der Waals surface area (Å²) in [4.78, 5) is 23.4. The number of alkyl halides is 2. The summed E-state index contributed by atoms with van der Waals surface area (Å²) in [5.74, 6) is -0.456. The van der Waals surface area contributed by atoms with Crippen LogP contribution in [0.5, 0.6) is 0 Å². The van der Waals surface area contributed by atoms with Crippen LogP contribution >= 0.6 is 23.2 Å². The molecule has 148 valence electrons. The highest BCUT2D eigenvalue weighted by Gasteiger charge is 2.15. The second-order valence-electron chi connectivity index (χ2n) is 5.71. The zero-order valence-corrected chi connectivity index (χ0v) is 16.6. The third-order valence-corrected chi connectivity index (χ3v) is 4.08. The number of rotatable bonds is 10. The highest BCUT2D eigenvalue weighted by Crippen LogP contribution is 2.27. The molecule has 6 nitrogen and oxygen atoms in total. The quantitative estimate of drug-likeness (QED) is 0.338. The predicted molar refractivity (Wildman–Crippen MR) is 116 cm³/mol. The van der Waals surface area contributed by atoms with Crippen LogP contribution < -0.4 is 16.0 Å². The number of hydrogen-bond acceptors (Lipinski definition) is 4. The summed E-state index contributed by atoms with van der Waals surface area (Å²) in [7, 11) is 0. The van der Waals surface area contributed by atoms with Gasteiger partial charge in [-0.05, 0) is 35.9 Å². The molecule has 2 aromatic carbocycles. The van der Waals surface area contributed by atoms with Crippen LogP contribution in [-0.4, -0.2) is 41.8 Å². The Morgan fingerprint density at radius 2 is 1.64 bits per heavy atom. The van der Waals surface area contributed by atoms with Gasteiger partial charge < -0.3 is 21.1 Å². The van der Waals surface area contributed by atoms with Crippen LogP contribution in [0.25, 0.3) is 6.08 Å². The number of benzene rings is 2. The third kappa shape index (κ3) is 6.48. The fourth-order valence-electron chi connectivity index (χ4n) is 2.48.